The van der Waals surface area contributed by atoms with Gasteiger partial charge in [0.25, 0.3) is 0 Å². The van der Waals surface area contributed by atoms with E-state index in [4.69, 9.17) is 0 Å². The summed E-state index contributed by atoms with van der Waals surface area (Å²) < 4.78 is 0. The van der Waals surface area contributed by atoms with E-state index in [2.05, 4.69) is 20.4 Å². The van der Waals surface area contributed by atoms with Gasteiger partial charge < -0.3 is 5.11 Å². The molecule has 0 amide bonds. The largest absolute Gasteiger partial charge is 0.481 e. The minimum atomic E-state index is -0.891. The van der Waals surface area contributed by atoms with E-state index in [1.54, 1.807) is 0 Å². The number of Topliss-reactive ketones (excluding diaryl/α,β-unsaturated/α-hetero) is 1. The van der Waals surface area contributed by atoms with Crippen LogP contribution in [0.1, 0.15) is 46.5 Å². The van der Waals surface area contributed by atoms with E-state index in [1.807, 2.05) is 6.92 Å². The molecular formula is C15H22O3. The molecular weight excluding hydrogens is 228 g/mol. The molecule has 2 rings (SSSR count). The molecule has 3 nitrogen and oxygen atoms in total. The van der Waals surface area contributed by atoms with E-state index in [1.165, 1.54) is 0 Å². The summed E-state index contributed by atoms with van der Waals surface area (Å²) in [5.74, 6) is -1.50. The highest BCUT2D eigenvalue weighted by atomic mass is 16.4. The highest BCUT2D eigenvalue weighted by molar-refractivity contribution is 6.01. The van der Waals surface area contributed by atoms with E-state index < -0.39 is 11.9 Å². The Kier molecular flexibility index (Phi) is 2.91. The van der Waals surface area contributed by atoms with Gasteiger partial charge in [0.1, 0.15) is 0 Å². The lowest BCUT2D eigenvalue weighted by Gasteiger charge is -2.55. The summed E-state index contributed by atoms with van der Waals surface area (Å²) in [6, 6.07) is 0. The minimum absolute atomic E-state index is 0.0387. The van der Waals surface area contributed by atoms with Crippen LogP contribution in [-0.4, -0.2) is 16.9 Å². The van der Waals surface area contributed by atoms with Gasteiger partial charge in [-0.1, -0.05) is 33.8 Å². The Morgan fingerprint density at radius 3 is 2.50 bits per heavy atom. The summed E-state index contributed by atoms with van der Waals surface area (Å²) in [6.07, 6.45) is 3.45. The first-order valence-corrected chi connectivity index (χ1v) is 6.65. The van der Waals surface area contributed by atoms with Crippen LogP contribution in [0.4, 0.5) is 0 Å². The third kappa shape index (κ3) is 1.72. The first kappa shape index (κ1) is 13.3. The van der Waals surface area contributed by atoms with Gasteiger partial charge in [0.15, 0.2) is 5.78 Å². The van der Waals surface area contributed by atoms with Crippen LogP contribution < -0.4 is 0 Å². The molecule has 18 heavy (non-hydrogen) atoms. The van der Waals surface area contributed by atoms with Crippen molar-refractivity contribution < 1.29 is 14.7 Å². The number of aliphatic carboxylic acids is 1. The monoisotopic (exact) mass is 250 g/mol. The number of carboxylic acids is 1. The lowest BCUT2D eigenvalue weighted by molar-refractivity contribution is -0.156. The zero-order chi connectivity index (χ0) is 13.7. The molecule has 0 aliphatic heterocycles. The Hall–Kier alpha value is -1.12. The second-order valence-corrected chi connectivity index (χ2v) is 6.82. The quantitative estimate of drug-likeness (QED) is 0.728. The highest BCUT2D eigenvalue weighted by Gasteiger charge is 2.57. The zero-order valence-electron chi connectivity index (χ0n) is 11.5. The van der Waals surface area contributed by atoms with Crippen molar-refractivity contribution in [2.45, 2.75) is 46.5 Å². The Bertz CT molecular complexity index is 421. The second-order valence-electron chi connectivity index (χ2n) is 6.82. The van der Waals surface area contributed by atoms with Gasteiger partial charge in [0.2, 0.25) is 0 Å². The second kappa shape index (κ2) is 3.94. The summed E-state index contributed by atoms with van der Waals surface area (Å²) in [7, 11) is 0. The molecule has 0 aromatic rings. The highest BCUT2D eigenvalue weighted by Crippen LogP contribution is 2.59. The first-order chi connectivity index (χ1) is 8.20. The summed E-state index contributed by atoms with van der Waals surface area (Å²) in [6.45, 7) is 10.1. The molecule has 2 aliphatic carbocycles. The Morgan fingerprint density at radius 2 is 1.94 bits per heavy atom. The molecule has 2 fully saturated rings. The van der Waals surface area contributed by atoms with Gasteiger partial charge >= 0.3 is 5.97 Å². The number of hydrogen-bond acceptors (Lipinski definition) is 2. The number of rotatable bonds is 1. The van der Waals surface area contributed by atoms with Gasteiger partial charge in [-0.2, -0.15) is 0 Å². The smallest absolute Gasteiger partial charge is 0.311 e. The normalized spacial score (nSPS) is 39.3. The van der Waals surface area contributed by atoms with Gasteiger partial charge in [-0.05, 0) is 29.6 Å². The fourth-order valence-corrected chi connectivity index (χ4v) is 4.33. The van der Waals surface area contributed by atoms with Crippen molar-refractivity contribution in [3.8, 4) is 0 Å². The molecule has 0 heterocycles. The van der Waals surface area contributed by atoms with E-state index in [9.17, 15) is 14.7 Å². The average Bonchev–Trinajstić information content (AvgIpc) is 2.21. The maximum Gasteiger partial charge on any atom is 0.311 e. The van der Waals surface area contributed by atoms with Crippen molar-refractivity contribution in [3.63, 3.8) is 0 Å². The number of fused-ring (bicyclic) bond motifs is 1. The first-order valence-electron chi connectivity index (χ1n) is 6.65. The van der Waals surface area contributed by atoms with Crippen LogP contribution in [0.2, 0.25) is 0 Å². The Labute approximate surface area is 108 Å². The number of carboxylic acid groups (broad SMARTS) is 1. The van der Waals surface area contributed by atoms with Crippen molar-refractivity contribution in [3.05, 3.63) is 12.2 Å². The molecule has 0 aromatic heterocycles. The fraction of sp³-hybridized carbons (Fsp3) is 0.733. The van der Waals surface area contributed by atoms with Crippen molar-refractivity contribution >= 4 is 11.8 Å². The maximum atomic E-state index is 12.0. The molecule has 0 saturated heterocycles. The average molecular weight is 250 g/mol. The lowest BCUT2D eigenvalue weighted by atomic mass is 9.47. The summed E-state index contributed by atoms with van der Waals surface area (Å²) in [5, 5.41) is 9.49. The van der Waals surface area contributed by atoms with Crippen LogP contribution in [0.15, 0.2) is 12.2 Å². The summed E-state index contributed by atoms with van der Waals surface area (Å²) in [4.78, 5) is 23.6. The van der Waals surface area contributed by atoms with E-state index >= 15 is 0 Å². The SMILES string of the molecule is C=C1C(=O)C[C@H]2C(C)(C)CCC[C@]2(C)[C@H]1C(=O)O. The van der Waals surface area contributed by atoms with Crippen LogP contribution in [0.25, 0.3) is 0 Å². The van der Waals surface area contributed by atoms with Gasteiger partial charge in [-0.15, -0.1) is 0 Å². The van der Waals surface area contributed by atoms with Crippen molar-refractivity contribution in [1.29, 1.82) is 0 Å². The predicted molar refractivity (Wildman–Crippen MR) is 69.1 cm³/mol. The molecule has 0 spiro atoms. The third-order valence-corrected chi connectivity index (χ3v) is 5.28. The van der Waals surface area contributed by atoms with Crippen LogP contribution >= 0.6 is 0 Å². The molecule has 100 valence electrons. The molecule has 3 atom stereocenters. The molecule has 3 heteroatoms. The molecule has 2 aliphatic rings. The standard InChI is InChI=1S/C15H22O3/c1-9-10(16)8-11-14(2,3)6-5-7-15(11,4)12(9)13(17)18/h11-12H,1,5-8H2,2-4H3,(H,17,18)/t11-,12+,15-/m0/s1. The molecule has 0 unspecified atom stereocenters. The van der Waals surface area contributed by atoms with Crippen molar-refractivity contribution in [2.75, 3.05) is 0 Å². The Balaban J connectivity index is 2.50. The van der Waals surface area contributed by atoms with E-state index in [0.29, 0.717) is 12.0 Å². The molecule has 0 radical (unpaired) electrons. The van der Waals surface area contributed by atoms with E-state index in [0.717, 1.165) is 19.3 Å². The number of carbonyl (C=O) groups excluding carboxylic acids is 1. The maximum absolute atomic E-state index is 12.0. The van der Waals surface area contributed by atoms with Gasteiger partial charge in [0, 0.05) is 12.0 Å². The Morgan fingerprint density at radius 1 is 1.33 bits per heavy atom. The molecule has 0 bridgehead atoms. The van der Waals surface area contributed by atoms with Gasteiger partial charge in [-0.3, -0.25) is 9.59 Å². The van der Waals surface area contributed by atoms with Crippen molar-refractivity contribution in [1.82, 2.24) is 0 Å². The predicted octanol–water partition coefficient (Wildman–Crippen LogP) is 3.05. The van der Waals surface area contributed by atoms with Crippen LogP contribution in [0.3, 0.4) is 0 Å². The number of carbonyl (C=O) groups is 2. The number of ketones is 1. The zero-order valence-corrected chi connectivity index (χ0v) is 11.5. The van der Waals surface area contributed by atoms with Crippen LogP contribution in [0, 0.1) is 22.7 Å². The molecule has 0 aromatic carbocycles. The van der Waals surface area contributed by atoms with Gasteiger partial charge in [-0.25, -0.2) is 0 Å². The molecule has 1 N–H and O–H groups in total. The number of hydrogen-bond donors (Lipinski definition) is 1. The van der Waals surface area contributed by atoms with Crippen molar-refractivity contribution in [2.24, 2.45) is 22.7 Å². The van der Waals surface area contributed by atoms with E-state index in [-0.39, 0.29) is 22.5 Å². The minimum Gasteiger partial charge on any atom is -0.481 e. The molecule has 2 saturated carbocycles. The van der Waals surface area contributed by atoms with Crippen LogP contribution in [-0.2, 0) is 9.59 Å². The summed E-state index contributed by atoms with van der Waals surface area (Å²) >= 11 is 0. The lowest BCUT2D eigenvalue weighted by Crippen LogP contribution is -2.53. The topological polar surface area (TPSA) is 54.4 Å². The fourth-order valence-electron chi connectivity index (χ4n) is 4.33. The third-order valence-electron chi connectivity index (χ3n) is 5.28. The van der Waals surface area contributed by atoms with Crippen LogP contribution in [0.5, 0.6) is 0 Å². The summed E-state index contributed by atoms with van der Waals surface area (Å²) in [5.41, 5.74) is 0.0225. The van der Waals surface area contributed by atoms with Gasteiger partial charge in [0.05, 0.1) is 5.92 Å².